The van der Waals surface area contributed by atoms with Crippen LogP contribution in [-0.4, -0.2) is 16.3 Å². The van der Waals surface area contributed by atoms with E-state index >= 15 is 0 Å². The molecule has 0 radical (unpaired) electrons. The Morgan fingerprint density at radius 1 is 1.00 bits per heavy atom. The van der Waals surface area contributed by atoms with E-state index in [0.29, 0.717) is 6.54 Å². The highest BCUT2D eigenvalue weighted by Gasteiger charge is 2.24. The first-order valence-electron chi connectivity index (χ1n) is 7.70. The van der Waals surface area contributed by atoms with E-state index in [4.69, 9.17) is 0 Å². The molecule has 0 saturated carbocycles. The molecule has 2 aromatic rings. The first-order chi connectivity index (χ1) is 11.0. The van der Waals surface area contributed by atoms with Crippen LogP contribution in [0.4, 0.5) is 0 Å². The Morgan fingerprint density at radius 2 is 1.57 bits per heavy atom. The first-order valence-corrected chi connectivity index (χ1v) is 8.58. The molecule has 0 saturated heterocycles. The molecule has 2 nitrogen and oxygen atoms in total. The van der Waals surface area contributed by atoms with Gasteiger partial charge >= 0.3 is 0 Å². The van der Waals surface area contributed by atoms with E-state index < -0.39 is 0 Å². The van der Waals surface area contributed by atoms with Gasteiger partial charge in [0.15, 0.2) is 0 Å². The predicted molar refractivity (Wildman–Crippen MR) is 98.2 cm³/mol. The Balaban J connectivity index is 2.05. The minimum Gasteiger partial charge on any atom is -0.330 e. The van der Waals surface area contributed by atoms with Crippen LogP contribution in [0.3, 0.4) is 0 Å². The third-order valence-electron chi connectivity index (χ3n) is 3.42. The number of carbonyl (C=O) groups is 1. The monoisotopic (exact) mass is 325 g/mol. The van der Waals surface area contributed by atoms with Crippen molar-refractivity contribution in [3.05, 3.63) is 77.7 Å². The molecule has 0 N–H and O–H groups in total. The molecule has 0 aromatic heterocycles. The van der Waals surface area contributed by atoms with Crippen molar-refractivity contribution in [1.29, 1.82) is 0 Å². The van der Waals surface area contributed by atoms with E-state index in [1.54, 1.807) is 17.8 Å². The lowest BCUT2D eigenvalue weighted by Crippen LogP contribution is -2.44. The lowest BCUT2D eigenvalue weighted by molar-refractivity contribution is -0.131. The number of thioether (sulfide) groups is 1. The summed E-state index contributed by atoms with van der Waals surface area (Å²) in [4.78, 5) is 15.6. The summed E-state index contributed by atoms with van der Waals surface area (Å²) in [6.45, 7) is 6.80. The van der Waals surface area contributed by atoms with Crippen molar-refractivity contribution in [3.8, 4) is 0 Å². The molecule has 0 bridgehead atoms. The maximum atomic E-state index is 12.6. The number of benzene rings is 2. The fourth-order valence-electron chi connectivity index (χ4n) is 2.17. The van der Waals surface area contributed by atoms with Crippen LogP contribution in [0.5, 0.6) is 0 Å². The summed E-state index contributed by atoms with van der Waals surface area (Å²) >= 11 is 1.56. The summed E-state index contributed by atoms with van der Waals surface area (Å²) < 4.78 is 0. The third-order valence-corrected chi connectivity index (χ3v) is 4.23. The molecule has 1 amide bonds. The topological polar surface area (TPSA) is 20.3 Å². The minimum atomic E-state index is -0.228. The van der Waals surface area contributed by atoms with Crippen LogP contribution < -0.4 is 0 Å². The summed E-state index contributed by atoms with van der Waals surface area (Å²) in [5.74, 6) is 0.0322. The van der Waals surface area contributed by atoms with E-state index in [1.165, 1.54) is 0 Å². The Kier molecular flexibility index (Phi) is 6.05. The molecule has 0 heterocycles. The minimum absolute atomic E-state index is 0.0322. The number of amides is 1. The molecule has 0 aliphatic carbocycles. The van der Waals surface area contributed by atoms with Crippen LogP contribution in [0.1, 0.15) is 26.3 Å². The number of hydrogen-bond donors (Lipinski definition) is 0. The Bertz CT molecular complexity index is 644. The zero-order chi connectivity index (χ0) is 16.7. The van der Waals surface area contributed by atoms with Gasteiger partial charge in [-0.15, -0.1) is 0 Å². The second-order valence-electron chi connectivity index (χ2n) is 6.31. The lowest BCUT2D eigenvalue weighted by atomic mass is 10.0. The smallest absolute Gasteiger partial charge is 0.247 e. The molecule has 0 aliphatic rings. The second kappa shape index (κ2) is 8.02. The van der Waals surface area contributed by atoms with Crippen molar-refractivity contribution >= 4 is 17.7 Å². The first kappa shape index (κ1) is 17.4. The highest BCUT2D eigenvalue weighted by Crippen LogP contribution is 2.21. The molecular formula is C20H23NOS. The van der Waals surface area contributed by atoms with Gasteiger partial charge in [0.2, 0.25) is 5.91 Å². The molecule has 120 valence electrons. The quantitative estimate of drug-likeness (QED) is 0.562. The molecule has 0 spiro atoms. The van der Waals surface area contributed by atoms with Gasteiger partial charge in [-0.25, -0.2) is 0 Å². The predicted octanol–water partition coefficient (Wildman–Crippen LogP) is 5.12. The Labute approximate surface area is 143 Å². The van der Waals surface area contributed by atoms with Crippen molar-refractivity contribution in [2.24, 2.45) is 0 Å². The van der Waals surface area contributed by atoms with Crippen molar-refractivity contribution < 1.29 is 4.79 Å². The molecule has 3 heteroatoms. The van der Waals surface area contributed by atoms with E-state index in [1.807, 2.05) is 58.8 Å². The molecule has 23 heavy (non-hydrogen) atoms. The molecule has 0 aliphatic heterocycles. The number of nitrogens with zero attached hydrogens (tertiary/aromatic N) is 1. The van der Waals surface area contributed by atoms with Gasteiger partial charge in [-0.05, 0) is 43.9 Å². The summed E-state index contributed by atoms with van der Waals surface area (Å²) in [6.07, 6.45) is 1.66. The van der Waals surface area contributed by atoms with E-state index in [0.717, 1.165) is 10.5 Å². The van der Waals surface area contributed by atoms with Crippen LogP contribution in [0, 0.1) is 0 Å². The molecular weight excluding hydrogens is 302 g/mol. The van der Waals surface area contributed by atoms with Gasteiger partial charge in [-0.2, -0.15) is 0 Å². The Hall–Kier alpha value is -2.00. The second-order valence-corrected chi connectivity index (χ2v) is 7.29. The third kappa shape index (κ3) is 5.61. The maximum Gasteiger partial charge on any atom is 0.247 e. The maximum absolute atomic E-state index is 12.6. The van der Waals surface area contributed by atoms with Crippen molar-refractivity contribution in [1.82, 2.24) is 4.90 Å². The highest BCUT2D eigenvalue weighted by atomic mass is 32.2. The highest BCUT2D eigenvalue weighted by molar-refractivity contribution is 8.02. The largest absolute Gasteiger partial charge is 0.330 e. The van der Waals surface area contributed by atoms with Crippen LogP contribution in [0.2, 0.25) is 0 Å². The summed E-state index contributed by atoms with van der Waals surface area (Å²) in [5.41, 5.74) is 0.911. The number of hydrogen-bond acceptors (Lipinski definition) is 2. The number of rotatable bonds is 5. The molecule has 0 unspecified atom stereocenters. The van der Waals surface area contributed by atoms with Gasteiger partial charge in [0.05, 0.1) is 0 Å². The van der Waals surface area contributed by atoms with Gasteiger partial charge in [-0.3, -0.25) is 4.79 Å². The average molecular weight is 325 g/mol. The van der Waals surface area contributed by atoms with Crippen LogP contribution >= 0.6 is 11.8 Å². The van der Waals surface area contributed by atoms with Gasteiger partial charge in [0, 0.05) is 23.1 Å². The van der Waals surface area contributed by atoms with Gasteiger partial charge in [0.25, 0.3) is 0 Å². The fraction of sp³-hybridized carbons (Fsp3) is 0.250. The van der Waals surface area contributed by atoms with Crippen molar-refractivity contribution in [3.63, 3.8) is 0 Å². The van der Waals surface area contributed by atoms with Crippen molar-refractivity contribution in [2.75, 3.05) is 0 Å². The normalized spacial score (nSPS) is 11.6. The molecule has 0 atom stereocenters. The zero-order valence-corrected chi connectivity index (χ0v) is 14.7. The van der Waals surface area contributed by atoms with Crippen LogP contribution in [0.25, 0.3) is 0 Å². The van der Waals surface area contributed by atoms with E-state index in [2.05, 4.69) is 32.9 Å². The lowest BCUT2D eigenvalue weighted by Gasteiger charge is -2.35. The van der Waals surface area contributed by atoms with E-state index in [-0.39, 0.29) is 11.4 Å². The molecule has 0 fully saturated rings. The van der Waals surface area contributed by atoms with Crippen LogP contribution in [-0.2, 0) is 11.3 Å². The zero-order valence-electron chi connectivity index (χ0n) is 13.9. The molecule has 2 rings (SSSR count). The average Bonchev–Trinajstić information content (AvgIpc) is 2.53. The van der Waals surface area contributed by atoms with Gasteiger partial charge in [0.1, 0.15) is 0 Å². The summed E-state index contributed by atoms with van der Waals surface area (Å²) in [7, 11) is 0. The number of carbonyl (C=O) groups excluding carboxylic acids is 1. The summed E-state index contributed by atoms with van der Waals surface area (Å²) in [6, 6.07) is 20.1. The van der Waals surface area contributed by atoms with Gasteiger partial charge in [-0.1, -0.05) is 60.3 Å². The van der Waals surface area contributed by atoms with E-state index in [9.17, 15) is 4.79 Å². The van der Waals surface area contributed by atoms with Gasteiger partial charge < -0.3 is 4.90 Å². The Morgan fingerprint density at radius 3 is 2.13 bits per heavy atom. The van der Waals surface area contributed by atoms with Crippen LogP contribution in [0.15, 0.2) is 77.0 Å². The SMILES string of the molecule is CC(C)(C)N(Cc1ccccc1)C(=O)/C=C/Sc1ccccc1. The molecule has 2 aromatic carbocycles. The fourth-order valence-corrected chi connectivity index (χ4v) is 2.83. The standard InChI is InChI=1S/C20H23NOS/c1-20(2,3)21(16-17-10-6-4-7-11-17)19(22)14-15-23-18-12-8-5-9-13-18/h4-15H,16H2,1-3H3/b15-14+. The van der Waals surface area contributed by atoms with Crippen molar-refractivity contribution in [2.45, 2.75) is 37.8 Å². The summed E-state index contributed by atoms with van der Waals surface area (Å²) in [5, 5.41) is 1.86.